The zero-order valence-corrected chi connectivity index (χ0v) is 15.8. The molecule has 1 aromatic carbocycles. The van der Waals surface area contributed by atoms with Crippen molar-refractivity contribution >= 4 is 23.5 Å². The molecule has 170 valence electrons. The Bertz CT molecular complexity index is 763. The highest BCUT2D eigenvalue weighted by Crippen LogP contribution is 2.71. The van der Waals surface area contributed by atoms with E-state index in [4.69, 9.17) is 4.74 Å². The van der Waals surface area contributed by atoms with Crippen LogP contribution in [0.5, 0.6) is 5.75 Å². The van der Waals surface area contributed by atoms with Crippen LogP contribution in [0.2, 0.25) is 0 Å². The molecule has 0 bridgehead atoms. The smallest absolute Gasteiger partial charge is 0.422 e. The van der Waals surface area contributed by atoms with Crippen molar-refractivity contribution in [1.29, 1.82) is 0 Å². The van der Waals surface area contributed by atoms with Gasteiger partial charge < -0.3 is 4.74 Å². The van der Waals surface area contributed by atoms with E-state index in [9.17, 15) is 52.7 Å². The molecule has 15 heteroatoms. The molecular formula is C15H8F12OS2. The summed E-state index contributed by atoms with van der Waals surface area (Å²) in [5.41, 5.74) is -2.68. The fraction of sp³-hybridized carbons (Fsp3) is 0.467. The minimum atomic E-state index is -6.08. The standard InChI is InChI=1S/C15H8F12OS2/c1-6-2-4-7(5-3-6)28-15(10(13(22,23)24)14(25,26)27)29-9(30-15)8(11(16,17)18)12(19,20)21/h2-5,10H,1H3. The number of allylic oxidation sites excluding steroid dienone is 1. The molecule has 1 heterocycles. The summed E-state index contributed by atoms with van der Waals surface area (Å²) in [6, 6.07) is 4.33. The highest BCUT2D eigenvalue weighted by atomic mass is 32.3. The second-order valence-electron chi connectivity index (χ2n) is 5.90. The molecule has 1 aliphatic rings. The monoisotopic (exact) mass is 496 g/mol. The maximum absolute atomic E-state index is 13.2. The molecule has 0 unspecified atom stereocenters. The number of hydrogen-bond acceptors (Lipinski definition) is 3. The van der Waals surface area contributed by atoms with Crippen LogP contribution in [0.3, 0.4) is 0 Å². The lowest BCUT2D eigenvalue weighted by molar-refractivity contribution is -0.298. The SMILES string of the molecule is Cc1ccc(OC2(C(C(F)(F)F)C(F)(F)F)SC(=C(C(F)(F)F)C(F)(F)F)S2)cc1. The lowest BCUT2D eigenvalue weighted by Gasteiger charge is -2.47. The van der Waals surface area contributed by atoms with Crippen LogP contribution in [0.25, 0.3) is 0 Å². The summed E-state index contributed by atoms with van der Waals surface area (Å²) < 4.78 is 155. The van der Waals surface area contributed by atoms with Gasteiger partial charge in [-0.1, -0.05) is 41.2 Å². The third-order valence-electron chi connectivity index (χ3n) is 3.53. The van der Waals surface area contributed by atoms with Gasteiger partial charge in [0, 0.05) is 0 Å². The summed E-state index contributed by atoms with van der Waals surface area (Å²) in [6.45, 7) is 1.51. The van der Waals surface area contributed by atoms with Gasteiger partial charge in [-0.05, 0) is 19.1 Å². The fourth-order valence-electron chi connectivity index (χ4n) is 2.34. The lowest BCUT2D eigenvalue weighted by atomic mass is 10.1. The number of thioether (sulfide) groups is 2. The van der Waals surface area contributed by atoms with Crippen LogP contribution in [-0.2, 0) is 0 Å². The van der Waals surface area contributed by atoms with E-state index in [1.165, 1.54) is 19.1 Å². The van der Waals surface area contributed by atoms with Crippen LogP contribution in [0.1, 0.15) is 5.56 Å². The summed E-state index contributed by atoms with van der Waals surface area (Å²) in [7, 11) is 0. The molecule has 1 aliphatic heterocycles. The van der Waals surface area contributed by atoms with E-state index >= 15 is 0 Å². The quantitative estimate of drug-likeness (QED) is 0.399. The van der Waals surface area contributed by atoms with Crippen LogP contribution in [-0.4, -0.2) is 29.0 Å². The van der Waals surface area contributed by atoms with Crippen molar-refractivity contribution < 1.29 is 57.4 Å². The second kappa shape index (κ2) is 7.64. The molecule has 30 heavy (non-hydrogen) atoms. The summed E-state index contributed by atoms with van der Waals surface area (Å²) in [4.78, 5) is 0. The molecule has 0 radical (unpaired) electrons. The van der Waals surface area contributed by atoms with Gasteiger partial charge in [-0.3, -0.25) is 0 Å². The Balaban J connectivity index is 2.60. The highest BCUT2D eigenvalue weighted by molar-refractivity contribution is 8.39. The van der Waals surface area contributed by atoms with E-state index in [1.54, 1.807) is 0 Å². The Hall–Kier alpha value is -1.38. The van der Waals surface area contributed by atoms with E-state index in [1.807, 2.05) is 0 Å². The van der Waals surface area contributed by atoms with Crippen LogP contribution in [0, 0.1) is 12.8 Å². The van der Waals surface area contributed by atoms with Crippen molar-refractivity contribution in [3.05, 3.63) is 39.6 Å². The van der Waals surface area contributed by atoms with Gasteiger partial charge in [0.25, 0.3) is 0 Å². The zero-order valence-electron chi connectivity index (χ0n) is 14.1. The Labute approximate surface area is 168 Å². The molecule has 0 atom stereocenters. The number of hydrogen-bond donors (Lipinski definition) is 0. The van der Waals surface area contributed by atoms with Gasteiger partial charge in [-0.15, -0.1) is 0 Å². The second-order valence-corrected chi connectivity index (χ2v) is 8.85. The molecule has 0 N–H and O–H groups in total. The lowest BCUT2D eigenvalue weighted by Crippen LogP contribution is -2.56. The summed E-state index contributed by atoms with van der Waals surface area (Å²) in [5, 5.41) is 0. The Kier molecular flexibility index (Phi) is 6.34. The van der Waals surface area contributed by atoms with E-state index < -0.39 is 74.0 Å². The minimum Gasteiger partial charge on any atom is -0.465 e. The van der Waals surface area contributed by atoms with E-state index in [-0.39, 0.29) is 0 Å². The van der Waals surface area contributed by atoms with Crippen molar-refractivity contribution in [3.8, 4) is 5.75 Å². The first-order valence-corrected chi connectivity index (χ1v) is 9.06. The number of aryl methyl sites for hydroxylation is 1. The van der Waals surface area contributed by atoms with E-state index in [0.29, 0.717) is 5.56 Å². The topological polar surface area (TPSA) is 9.23 Å². The first-order chi connectivity index (χ1) is 13.3. The van der Waals surface area contributed by atoms with E-state index in [0.717, 1.165) is 12.1 Å². The Morgan fingerprint density at radius 1 is 0.767 bits per heavy atom. The van der Waals surface area contributed by atoms with Crippen molar-refractivity contribution in [2.24, 2.45) is 5.92 Å². The number of benzene rings is 1. The van der Waals surface area contributed by atoms with Crippen molar-refractivity contribution in [1.82, 2.24) is 0 Å². The van der Waals surface area contributed by atoms with Crippen LogP contribution in [0.4, 0.5) is 52.7 Å². The average Bonchev–Trinajstić information content (AvgIpc) is 2.41. The Morgan fingerprint density at radius 3 is 1.50 bits per heavy atom. The van der Waals surface area contributed by atoms with Crippen molar-refractivity contribution in [2.75, 3.05) is 0 Å². The molecule has 0 amide bonds. The predicted octanol–water partition coefficient (Wildman–Crippen LogP) is 7.58. The molecule has 0 aromatic heterocycles. The van der Waals surface area contributed by atoms with Gasteiger partial charge in [0.2, 0.25) is 10.2 Å². The molecule has 0 spiro atoms. The first-order valence-electron chi connectivity index (χ1n) is 7.43. The molecule has 1 aromatic rings. The van der Waals surface area contributed by atoms with Crippen LogP contribution >= 0.6 is 23.5 Å². The Morgan fingerprint density at radius 2 is 1.17 bits per heavy atom. The van der Waals surface area contributed by atoms with Gasteiger partial charge in [0.15, 0.2) is 5.57 Å². The van der Waals surface area contributed by atoms with Gasteiger partial charge in [0.05, 0.1) is 4.24 Å². The normalized spacial score (nSPS) is 20.9. The van der Waals surface area contributed by atoms with Crippen LogP contribution in [0.15, 0.2) is 34.1 Å². The first kappa shape index (κ1) is 24.9. The van der Waals surface area contributed by atoms with Gasteiger partial charge >= 0.3 is 24.7 Å². The molecule has 2 rings (SSSR count). The number of halogens is 12. The summed E-state index contributed by atoms with van der Waals surface area (Å²) >= 11 is -1.83. The van der Waals surface area contributed by atoms with Crippen molar-refractivity contribution in [3.63, 3.8) is 0 Å². The fourth-order valence-corrected chi connectivity index (χ4v) is 5.57. The maximum Gasteiger partial charge on any atom is 0.422 e. The predicted molar refractivity (Wildman–Crippen MR) is 84.5 cm³/mol. The van der Waals surface area contributed by atoms with Gasteiger partial charge in [0.1, 0.15) is 5.75 Å². The maximum atomic E-state index is 13.2. The molecule has 1 nitrogen and oxygen atoms in total. The number of alkyl halides is 12. The van der Waals surface area contributed by atoms with E-state index in [2.05, 4.69) is 0 Å². The third-order valence-corrected chi connectivity index (χ3v) is 6.52. The summed E-state index contributed by atoms with van der Waals surface area (Å²) in [6.07, 6.45) is -24.3. The largest absolute Gasteiger partial charge is 0.465 e. The molecule has 0 saturated carbocycles. The minimum absolute atomic E-state index is 0.519. The molecule has 0 aliphatic carbocycles. The third kappa shape index (κ3) is 5.26. The molecular weight excluding hydrogens is 488 g/mol. The zero-order chi connectivity index (χ0) is 23.3. The molecule has 1 fully saturated rings. The number of rotatable bonds is 3. The highest BCUT2D eigenvalue weighted by Gasteiger charge is 2.74. The van der Waals surface area contributed by atoms with Crippen molar-refractivity contribution in [2.45, 2.75) is 35.9 Å². The number of ether oxygens (including phenoxy) is 1. The average molecular weight is 496 g/mol. The van der Waals surface area contributed by atoms with Crippen LogP contribution < -0.4 is 4.74 Å². The van der Waals surface area contributed by atoms with Gasteiger partial charge in [-0.25, -0.2) is 0 Å². The molecule has 1 saturated heterocycles. The summed E-state index contributed by atoms with van der Waals surface area (Å²) in [5.74, 6) is -4.97. The van der Waals surface area contributed by atoms with Gasteiger partial charge in [-0.2, -0.15) is 52.7 Å².